The number of nitrogens with one attached hydrogen (secondary N) is 1. The predicted molar refractivity (Wildman–Crippen MR) is 109 cm³/mol. The number of sulfone groups is 1. The van der Waals surface area contributed by atoms with Gasteiger partial charge in [-0.3, -0.25) is 4.79 Å². The van der Waals surface area contributed by atoms with E-state index < -0.39 is 26.5 Å². The van der Waals surface area contributed by atoms with Crippen molar-refractivity contribution in [3.8, 4) is 0 Å². The third-order valence-electron chi connectivity index (χ3n) is 5.48. The summed E-state index contributed by atoms with van der Waals surface area (Å²) in [5.74, 6) is -1.03. The van der Waals surface area contributed by atoms with Crippen molar-refractivity contribution in [3.05, 3.63) is 108 Å². The molecule has 0 radical (unpaired) electrons. The molecule has 2 unspecified atom stereocenters. The number of amides is 1. The first-order chi connectivity index (χ1) is 13.5. The summed E-state index contributed by atoms with van der Waals surface area (Å²) < 4.78 is 25.0. The van der Waals surface area contributed by atoms with Gasteiger partial charge in [-0.15, -0.1) is 0 Å². The number of β-lactam (4-membered cyclic amide) rings is 1. The molecule has 3 aromatic rings. The molecule has 0 aliphatic carbocycles. The molecule has 1 aliphatic rings. The second-order valence-corrected chi connectivity index (χ2v) is 9.31. The Morgan fingerprint density at radius 1 is 0.714 bits per heavy atom. The van der Waals surface area contributed by atoms with Crippen LogP contribution in [-0.4, -0.2) is 26.0 Å². The van der Waals surface area contributed by atoms with Gasteiger partial charge in [0.15, 0.2) is 9.84 Å². The number of benzene rings is 3. The molecule has 0 aromatic heterocycles. The molecule has 1 amide bonds. The normalized spacial score (nSPS) is 19.5. The fraction of sp³-hybridized carbons (Fsp3) is 0.174. The third-order valence-corrected chi connectivity index (χ3v) is 6.80. The molecule has 1 N–H and O–H groups in total. The van der Waals surface area contributed by atoms with Crippen LogP contribution in [0.25, 0.3) is 0 Å². The molecule has 4 rings (SSSR count). The molecule has 5 heteroatoms. The zero-order chi connectivity index (χ0) is 19.8. The van der Waals surface area contributed by atoms with Crippen molar-refractivity contribution in [2.45, 2.75) is 10.8 Å². The van der Waals surface area contributed by atoms with E-state index in [0.29, 0.717) is 0 Å². The maximum absolute atomic E-state index is 12.9. The molecule has 1 fully saturated rings. The lowest BCUT2D eigenvalue weighted by atomic mass is 9.59. The van der Waals surface area contributed by atoms with Crippen molar-refractivity contribution in [1.82, 2.24) is 5.32 Å². The summed E-state index contributed by atoms with van der Waals surface area (Å²) in [6.07, 6.45) is 1.18. The molecule has 0 spiro atoms. The van der Waals surface area contributed by atoms with E-state index in [1.165, 1.54) is 6.26 Å². The molecule has 28 heavy (non-hydrogen) atoms. The first-order valence-corrected chi connectivity index (χ1v) is 11.1. The summed E-state index contributed by atoms with van der Waals surface area (Å²) in [6, 6.07) is 29.0. The van der Waals surface area contributed by atoms with E-state index in [-0.39, 0.29) is 5.91 Å². The van der Waals surface area contributed by atoms with Gasteiger partial charge in [-0.25, -0.2) is 8.42 Å². The van der Waals surface area contributed by atoms with Crippen LogP contribution in [0.2, 0.25) is 0 Å². The van der Waals surface area contributed by atoms with E-state index in [0.717, 1.165) is 16.7 Å². The highest BCUT2D eigenvalue weighted by Crippen LogP contribution is 2.49. The lowest BCUT2D eigenvalue weighted by Crippen LogP contribution is -2.68. The molecule has 3 aromatic carbocycles. The van der Waals surface area contributed by atoms with Crippen molar-refractivity contribution in [2.24, 2.45) is 5.92 Å². The average Bonchev–Trinajstić information content (AvgIpc) is 2.71. The van der Waals surface area contributed by atoms with Gasteiger partial charge in [-0.1, -0.05) is 91.0 Å². The van der Waals surface area contributed by atoms with Crippen LogP contribution < -0.4 is 5.32 Å². The highest BCUT2D eigenvalue weighted by molar-refractivity contribution is 7.91. The van der Waals surface area contributed by atoms with Gasteiger partial charge in [0, 0.05) is 6.26 Å². The lowest BCUT2D eigenvalue weighted by Gasteiger charge is -2.49. The summed E-state index contributed by atoms with van der Waals surface area (Å²) in [7, 11) is -3.49. The summed E-state index contributed by atoms with van der Waals surface area (Å²) in [5, 5.41) is 1.68. The molecule has 4 nitrogen and oxygen atoms in total. The smallest absolute Gasteiger partial charge is 0.228 e. The van der Waals surface area contributed by atoms with Crippen molar-refractivity contribution >= 4 is 15.7 Å². The Hall–Kier alpha value is -2.92. The van der Waals surface area contributed by atoms with Crippen LogP contribution in [0.1, 0.15) is 16.7 Å². The van der Waals surface area contributed by atoms with Crippen molar-refractivity contribution in [2.75, 3.05) is 6.26 Å². The molecular formula is C23H21NO3S. The lowest BCUT2D eigenvalue weighted by molar-refractivity contribution is -0.134. The second-order valence-electron chi connectivity index (χ2n) is 7.14. The van der Waals surface area contributed by atoms with E-state index in [1.807, 2.05) is 91.0 Å². The first-order valence-electron chi connectivity index (χ1n) is 9.11. The Balaban J connectivity index is 2.09. The van der Waals surface area contributed by atoms with Crippen LogP contribution in [0.4, 0.5) is 0 Å². The zero-order valence-corrected chi connectivity index (χ0v) is 16.3. The van der Waals surface area contributed by atoms with Gasteiger partial charge in [-0.2, -0.15) is 0 Å². The van der Waals surface area contributed by atoms with E-state index in [1.54, 1.807) is 0 Å². The Labute approximate surface area is 165 Å². The Bertz CT molecular complexity index is 984. The van der Waals surface area contributed by atoms with Gasteiger partial charge >= 0.3 is 0 Å². The fourth-order valence-electron chi connectivity index (χ4n) is 4.27. The maximum Gasteiger partial charge on any atom is 0.228 e. The monoisotopic (exact) mass is 391 g/mol. The van der Waals surface area contributed by atoms with Gasteiger partial charge in [-0.05, 0) is 16.7 Å². The largest absolute Gasteiger partial charge is 0.338 e. The molecule has 1 saturated heterocycles. The van der Waals surface area contributed by atoms with Crippen LogP contribution in [0.15, 0.2) is 91.0 Å². The van der Waals surface area contributed by atoms with E-state index >= 15 is 0 Å². The van der Waals surface area contributed by atoms with Crippen LogP contribution in [0.3, 0.4) is 0 Å². The highest BCUT2D eigenvalue weighted by Gasteiger charge is 2.59. The van der Waals surface area contributed by atoms with Crippen LogP contribution in [0, 0.1) is 5.92 Å². The summed E-state index contributed by atoms with van der Waals surface area (Å²) in [6.45, 7) is 0. The number of rotatable bonds is 5. The minimum atomic E-state index is -3.49. The number of hydrogen-bond donors (Lipinski definition) is 1. The Morgan fingerprint density at radius 3 is 1.36 bits per heavy atom. The molecular weight excluding hydrogens is 370 g/mol. The molecule has 1 heterocycles. The second kappa shape index (κ2) is 6.91. The van der Waals surface area contributed by atoms with Gasteiger partial charge in [0.2, 0.25) is 5.91 Å². The minimum absolute atomic E-state index is 0.257. The molecule has 0 saturated carbocycles. The Kier molecular flexibility index (Phi) is 4.55. The summed E-state index contributed by atoms with van der Waals surface area (Å²) in [4.78, 5) is 12.9. The fourth-order valence-corrected chi connectivity index (χ4v) is 5.43. The summed E-state index contributed by atoms with van der Waals surface area (Å²) in [5.41, 5.74) is 1.75. The number of carbonyl (C=O) groups is 1. The van der Waals surface area contributed by atoms with E-state index in [4.69, 9.17) is 0 Å². The zero-order valence-electron chi connectivity index (χ0n) is 15.4. The number of hydrogen-bond acceptors (Lipinski definition) is 3. The van der Waals surface area contributed by atoms with Gasteiger partial charge in [0.1, 0.15) is 5.37 Å². The molecule has 2 atom stereocenters. The predicted octanol–water partition coefficient (Wildman–Crippen LogP) is 3.14. The van der Waals surface area contributed by atoms with Crippen molar-refractivity contribution < 1.29 is 13.2 Å². The van der Waals surface area contributed by atoms with Crippen molar-refractivity contribution in [3.63, 3.8) is 0 Å². The number of carbonyl (C=O) groups excluding carboxylic acids is 1. The average molecular weight is 391 g/mol. The standard InChI is InChI=1S/C23H21NO3S/c1-28(26,27)22-20(21(25)24-22)23(17-11-5-2-6-12-17,18-13-7-3-8-14-18)19-15-9-4-10-16-19/h2-16,20,22H,1H3,(H,24,25). The first kappa shape index (κ1) is 18.4. The molecule has 0 bridgehead atoms. The van der Waals surface area contributed by atoms with E-state index in [2.05, 4.69) is 5.32 Å². The molecule has 1 aliphatic heterocycles. The summed E-state index contributed by atoms with van der Waals surface area (Å²) >= 11 is 0. The van der Waals surface area contributed by atoms with E-state index in [9.17, 15) is 13.2 Å². The van der Waals surface area contributed by atoms with Crippen molar-refractivity contribution in [1.29, 1.82) is 0 Å². The van der Waals surface area contributed by atoms with Gasteiger partial charge in [0.05, 0.1) is 11.3 Å². The Morgan fingerprint density at radius 2 is 1.07 bits per heavy atom. The SMILES string of the molecule is CS(=O)(=O)C1NC(=O)C1C(c1ccccc1)(c1ccccc1)c1ccccc1. The van der Waals surface area contributed by atoms with Crippen LogP contribution in [-0.2, 0) is 20.0 Å². The van der Waals surface area contributed by atoms with Crippen LogP contribution in [0.5, 0.6) is 0 Å². The molecule has 142 valence electrons. The van der Waals surface area contributed by atoms with Gasteiger partial charge in [0.25, 0.3) is 0 Å². The topological polar surface area (TPSA) is 63.2 Å². The van der Waals surface area contributed by atoms with Crippen LogP contribution >= 0.6 is 0 Å². The third kappa shape index (κ3) is 2.83. The van der Waals surface area contributed by atoms with Gasteiger partial charge < -0.3 is 5.32 Å². The maximum atomic E-state index is 12.9. The highest BCUT2D eigenvalue weighted by atomic mass is 32.2. The minimum Gasteiger partial charge on any atom is -0.338 e. The quantitative estimate of drug-likeness (QED) is 0.537.